The van der Waals surface area contributed by atoms with Crippen LogP contribution in [0.15, 0.2) is 18.2 Å². The Balaban J connectivity index is 1.79. The van der Waals surface area contributed by atoms with E-state index in [4.69, 9.17) is 4.74 Å². The highest BCUT2D eigenvalue weighted by Gasteiger charge is 2.25. The SMILES string of the molecule is CNc1cc(C)nc(Nc2cc3c(c(C4=CCN(C)C[C@@H](O)C4)c2C)OCCC3)n1. The average molecular weight is 410 g/mol. The first-order valence-electron chi connectivity index (χ1n) is 10.6. The Bertz CT molecular complexity index is 973. The van der Waals surface area contributed by atoms with Gasteiger partial charge in [-0.3, -0.25) is 0 Å². The highest BCUT2D eigenvalue weighted by molar-refractivity contribution is 5.81. The van der Waals surface area contributed by atoms with E-state index in [1.54, 1.807) is 0 Å². The van der Waals surface area contributed by atoms with Crippen LogP contribution in [0.25, 0.3) is 5.57 Å². The van der Waals surface area contributed by atoms with Crippen LogP contribution in [0.4, 0.5) is 17.5 Å². The lowest BCUT2D eigenvalue weighted by atomic mass is 9.89. The predicted octanol–water partition coefficient (Wildman–Crippen LogP) is 3.28. The summed E-state index contributed by atoms with van der Waals surface area (Å²) in [5.74, 6) is 2.31. The van der Waals surface area contributed by atoms with Gasteiger partial charge >= 0.3 is 0 Å². The van der Waals surface area contributed by atoms with E-state index < -0.39 is 6.10 Å². The monoisotopic (exact) mass is 409 g/mol. The van der Waals surface area contributed by atoms with Gasteiger partial charge in [0.05, 0.1) is 12.7 Å². The van der Waals surface area contributed by atoms with Crippen molar-refractivity contribution in [1.29, 1.82) is 0 Å². The van der Waals surface area contributed by atoms with E-state index in [0.717, 1.165) is 65.6 Å². The Morgan fingerprint density at radius 1 is 1.23 bits per heavy atom. The summed E-state index contributed by atoms with van der Waals surface area (Å²) in [7, 11) is 3.89. The molecule has 3 N–H and O–H groups in total. The maximum absolute atomic E-state index is 10.5. The third-order valence-corrected chi connectivity index (χ3v) is 5.76. The van der Waals surface area contributed by atoms with Crippen molar-refractivity contribution in [3.8, 4) is 5.75 Å². The summed E-state index contributed by atoms with van der Waals surface area (Å²) in [5.41, 5.74) is 6.41. The second-order valence-electron chi connectivity index (χ2n) is 8.27. The molecule has 0 fully saturated rings. The number of aromatic nitrogens is 2. The molecule has 0 spiro atoms. The lowest BCUT2D eigenvalue weighted by molar-refractivity contribution is 0.139. The number of aryl methyl sites for hydroxylation is 2. The van der Waals surface area contributed by atoms with Crippen LogP contribution >= 0.6 is 0 Å². The smallest absolute Gasteiger partial charge is 0.229 e. The number of nitrogens with zero attached hydrogens (tertiary/aromatic N) is 3. The van der Waals surface area contributed by atoms with Crippen molar-refractivity contribution in [2.75, 3.05) is 44.4 Å². The summed E-state index contributed by atoms with van der Waals surface area (Å²) < 4.78 is 6.15. The van der Waals surface area contributed by atoms with Gasteiger partial charge in [-0.25, -0.2) is 4.98 Å². The van der Waals surface area contributed by atoms with E-state index in [1.807, 2.05) is 27.1 Å². The third kappa shape index (κ3) is 4.27. The van der Waals surface area contributed by atoms with Gasteiger partial charge in [0.25, 0.3) is 0 Å². The molecule has 1 atom stereocenters. The first-order chi connectivity index (χ1) is 14.4. The molecule has 0 saturated carbocycles. The highest BCUT2D eigenvalue weighted by Crippen LogP contribution is 2.42. The molecule has 2 aliphatic rings. The minimum atomic E-state index is -0.391. The largest absolute Gasteiger partial charge is 0.493 e. The van der Waals surface area contributed by atoms with Crippen LogP contribution in [-0.2, 0) is 6.42 Å². The fourth-order valence-corrected chi connectivity index (χ4v) is 4.30. The molecular weight excluding hydrogens is 378 g/mol. The zero-order valence-corrected chi connectivity index (χ0v) is 18.2. The quantitative estimate of drug-likeness (QED) is 0.715. The van der Waals surface area contributed by atoms with Crippen molar-refractivity contribution < 1.29 is 9.84 Å². The molecule has 1 aromatic heterocycles. The number of anilines is 3. The number of benzene rings is 1. The molecule has 0 aliphatic carbocycles. The second kappa shape index (κ2) is 8.62. The Kier molecular flexibility index (Phi) is 5.92. The van der Waals surface area contributed by atoms with Gasteiger partial charge in [0.15, 0.2) is 0 Å². The number of likely N-dealkylation sites (N-methyl/N-ethyl adjacent to an activating group) is 1. The van der Waals surface area contributed by atoms with Crippen molar-refractivity contribution in [2.45, 2.75) is 39.2 Å². The van der Waals surface area contributed by atoms with Gasteiger partial charge in [0, 0.05) is 49.6 Å². The van der Waals surface area contributed by atoms with Gasteiger partial charge in [-0.1, -0.05) is 6.08 Å². The van der Waals surface area contributed by atoms with Crippen LogP contribution < -0.4 is 15.4 Å². The Morgan fingerprint density at radius 3 is 2.87 bits per heavy atom. The van der Waals surface area contributed by atoms with Crippen LogP contribution in [0.5, 0.6) is 5.75 Å². The number of aliphatic hydroxyl groups excluding tert-OH is 1. The summed E-state index contributed by atoms with van der Waals surface area (Å²) in [6.45, 7) is 6.27. The summed E-state index contributed by atoms with van der Waals surface area (Å²) in [6.07, 6.45) is 4.43. The summed E-state index contributed by atoms with van der Waals surface area (Å²) in [4.78, 5) is 11.2. The number of fused-ring (bicyclic) bond motifs is 1. The topological polar surface area (TPSA) is 82.5 Å². The normalized spacial score (nSPS) is 19.4. The molecule has 160 valence electrons. The first kappa shape index (κ1) is 20.6. The van der Waals surface area contributed by atoms with E-state index in [-0.39, 0.29) is 0 Å². The van der Waals surface area contributed by atoms with Crippen LogP contribution in [-0.4, -0.2) is 59.9 Å². The molecule has 0 bridgehead atoms. The average Bonchev–Trinajstić information content (AvgIpc) is 2.88. The first-order valence-corrected chi connectivity index (χ1v) is 10.6. The van der Waals surface area contributed by atoms with Crippen LogP contribution in [0.3, 0.4) is 0 Å². The lowest BCUT2D eigenvalue weighted by Gasteiger charge is -2.26. The van der Waals surface area contributed by atoms with Crippen LogP contribution in [0.1, 0.15) is 35.2 Å². The van der Waals surface area contributed by atoms with Crippen LogP contribution in [0, 0.1) is 13.8 Å². The van der Waals surface area contributed by atoms with E-state index in [1.165, 1.54) is 5.56 Å². The minimum Gasteiger partial charge on any atom is -0.493 e. The van der Waals surface area contributed by atoms with Crippen molar-refractivity contribution >= 4 is 23.0 Å². The fourth-order valence-electron chi connectivity index (χ4n) is 4.30. The lowest BCUT2D eigenvalue weighted by Crippen LogP contribution is -2.27. The molecule has 0 amide bonds. The molecule has 7 heteroatoms. The standard InChI is InChI=1S/C23H31N5O2/c1-14-10-20(24-3)27-23(25-14)26-19-12-17-6-5-9-30-22(17)21(15(19)2)16-7-8-28(4)13-18(29)11-16/h7,10,12,18,29H,5-6,8-9,11,13H2,1-4H3,(H2,24,25,26,27)/t18-/m0/s1. The zero-order chi connectivity index (χ0) is 21.3. The van der Waals surface area contributed by atoms with Gasteiger partial charge in [0.2, 0.25) is 5.95 Å². The second-order valence-corrected chi connectivity index (χ2v) is 8.27. The zero-order valence-electron chi connectivity index (χ0n) is 18.2. The molecule has 0 unspecified atom stereocenters. The predicted molar refractivity (Wildman–Crippen MR) is 121 cm³/mol. The summed E-state index contributed by atoms with van der Waals surface area (Å²) >= 11 is 0. The molecule has 1 aromatic carbocycles. The number of β-amino-alcohol motifs (C(OH)–C–C–N with tert-alkyl or cyclic N) is 1. The number of hydrogen-bond acceptors (Lipinski definition) is 7. The van der Waals surface area contributed by atoms with Gasteiger partial charge < -0.3 is 25.4 Å². The van der Waals surface area contributed by atoms with Crippen LogP contribution in [0.2, 0.25) is 0 Å². The molecule has 2 aromatic rings. The Morgan fingerprint density at radius 2 is 2.07 bits per heavy atom. The highest BCUT2D eigenvalue weighted by atomic mass is 16.5. The van der Waals surface area contributed by atoms with Gasteiger partial charge in [-0.05, 0) is 56.5 Å². The molecule has 3 heterocycles. The third-order valence-electron chi connectivity index (χ3n) is 5.76. The maximum atomic E-state index is 10.5. The molecule has 30 heavy (non-hydrogen) atoms. The molecular formula is C23H31N5O2. The van der Waals surface area contributed by atoms with E-state index in [2.05, 4.69) is 44.6 Å². The molecule has 7 nitrogen and oxygen atoms in total. The number of nitrogens with one attached hydrogen (secondary N) is 2. The summed E-state index contributed by atoms with van der Waals surface area (Å²) in [6, 6.07) is 4.08. The number of rotatable bonds is 4. The van der Waals surface area contributed by atoms with E-state index in [9.17, 15) is 5.11 Å². The maximum Gasteiger partial charge on any atom is 0.229 e. The minimum absolute atomic E-state index is 0.391. The Labute approximate surface area is 178 Å². The molecule has 0 saturated heterocycles. The van der Waals surface area contributed by atoms with Crippen molar-refractivity contribution in [3.63, 3.8) is 0 Å². The van der Waals surface area contributed by atoms with Gasteiger partial charge in [-0.2, -0.15) is 4.98 Å². The molecule has 2 aliphatic heterocycles. The van der Waals surface area contributed by atoms with Gasteiger partial charge in [0.1, 0.15) is 11.6 Å². The van der Waals surface area contributed by atoms with E-state index >= 15 is 0 Å². The fraction of sp³-hybridized carbons (Fsp3) is 0.478. The number of ether oxygens (including phenoxy) is 1. The number of hydrogen-bond donors (Lipinski definition) is 3. The van der Waals surface area contributed by atoms with Gasteiger partial charge in [-0.15, -0.1) is 0 Å². The van der Waals surface area contributed by atoms with Crippen molar-refractivity contribution in [2.24, 2.45) is 0 Å². The summed E-state index contributed by atoms with van der Waals surface area (Å²) in [5, 5.41) is 17.0. The van der Waals surface area contributed by atoms with E-state index in [0.29, 0.717) is 18.9 Å². The Hall–Kier alpha value is -2.64. The molecule has 0 radical (unpaired) electrons. The number of aliphatic hydroxyl groups is 1. The molecule has 4 rings (SSSR count). The van der Waals surface area contributed by atoms with Crippen molar-refractivity contribution in [3.05, 3.63) is 40.6 Å². The van der Waals surface area contributed by atoms with Crippen molar-refractivity contribution in [1.82, 2.24) is 14.9 Å².